The van der Waals surface area contributed by atoms with Crippen molar-refractivity contribution < 1.29 is 0 Å². The summed E-state index contributed by atoms with van der Waals surface area (Å²) in [5, 5.41) is 3.04. The maximum absolute atomic E-state index is 4.76. The lowest BCUT2D eigenvalue weighted by Crippen LogP contribution is -2.10. The Kier molecular flexibility index (Phi) is 9.04. The van der Waals surface area contributed by atoms with Gasteiger partial charge in [0.1, 0.15) is 11.0 Å². The minimum atomic E-state index is 0.144. The Morgan fingerprint density at radius 1 is 0.775 bits per heavy atom. The van der Waals surface area contributed by atoms with Gasteiger partial charge in [0.05, 0.1) is 21.1 Å². The van der Waals surface area contributed by atoms with Crippen LogP contribution in [-0.4, -0.2) is 8.75 Å². The van der Waals surface area contributed by atoms with E-state index in [2.05, 4.69) is 84.0 Å². The maximum Gasteiger partial charge on any atom is 0.113 e. The normalized spacial score (nSPS) is 13.4. The van der Waals surface area contributed by atoms with E-state index in [-0.39, 0.29) is 5.41 Å². The van der Waals surface area contributed by atoms with Crippen molar-refractivity contribution in [3.8, 4) is 10.4 Å². The second kappa shape index (κ2) is 12.2. The summed E-state index contributed by atoms with van der Waals surface area (Å²) in [7, 11) is 0. The van der Waals surface area contributed by atoms with E-state index in [1.807, 2.05) is 22.7 Å². The zero-order chi connectivity index (χ0) is 28.6. The van der Waals surface area contributed by atoms with Crippen molar-refractivity contribution in [1.29, 1.82) is 0 Å². The SMILES string of the molecule is CCCCC(CC)Cc1c(CC(CC)CC)c2cc(C(C)(C)C)sc2c2sc(-c3ccc(C)c4nsnc34)cc12. The van der Waals surface area contributed by atoms with E-state index in [1.54, 1.807) is 11.1 Å². The van der Waals surface area contributed by atoms with Crippen LogP contribution in [0.1, 0.15) is 109 Å². The number of unbranched alkanes of at least 4 members (excludes halogenated alkanes) is 1. The molecule has 5 aromatic rings. The molecule has 0 radical (unpaired) electrons. The molecule has 3 heterocycles. The number of hydrogen-bond donors (Lipinski definition) is 0. The monoisotopic (exact) mass is 590 g/mol. The van der Waals surface area contributed by atoms with Crippen molar-refractivity contribution in [3.63, 3.8) is 0 Å². The highest BCUT2D eigenvalue weighted by Crippen LogP contribution is 2.48. The topological polar surface area (TPSA) is 25.8 Å². The van der Waals surface area contributed by atoms with Gasteiger partial charge < -0.3 is 0 Å². The molecule has 0 aliphatic carbocycles. The van der Waals surface area contributed by atoms with E-state index < -0.39 is 0 Å². The molecule has 214 valence electrons. The lowest BCUT2D eigenvalue weighted by atomic mass is 9.83. The highest BCUT2D eigenvalue weighted by atomic mass is 32.1. The van der Waals surface area contributed by atoms with E-state index in [9.17, 15) is 0 Å². The van der Waals surface area contributed by atoms with Crippen LogP contribution < -0.4 is 0 Å². The van der Waals surface area contributed by atoms with Gasteiger partial charge in [-0.3, -0.25) is 0 Å². The molecule has 0 saturated heterocycles. The summed E-state index contributed by atoms with van der Waals surface area (Å²) in [6.45, 7) is 18.7. The third-order valence-electron chi connectivity index (χ3n) is 8.99. The molecule has 0 fully saturated rings. The Labute approximate surface area is 253 Å². The Balaban J connectivity index is 1.82. The van der Waals surface area contributed by atoms with Crippen molar-refractivity contribution in [2.75, 3.05) is 0 Å². The lowest BCUT2D eigenvalue weighted by molar-refractivity contribution is 0.445. The van der Waals surface area contributed by atoms with Crippen LogP contribution >= 0.6 is 34.4 Å². The van der Waals surface area contributed by atoms with Gasteiger partial charge in [0.2, 0.25) is 0 Å². The first-order valence-corrected chi connectivity index (χ1v) is 17.8. The molecule has 40 heavy (non-hydrogen) atoms. The van der Waals surface area contributed by atoms with Crippen molar-refractivity contribution in [3.05, 3.63) is 45.8 Å². The van der Waals surface area contributed by atoms with Gasteiger partial charge in [-0.25, -0.2) is 0 Å². The molecule has 0 saturated carbocycles. The zero-order valence-electron chi connectivity index (χ0n) is 25.7. The van der Waals surface area contributed by atoms with Gasteiger partial charge in [-0.15, -0.1) is 22.7 Å². The fraction of sp³-hybridized carbons (Fsp3) is 0.543. The number of fused-ring (bicyclic) bond motifs is 4. The first-order valence-electron chi connectivity index (χ1n) is 15.4. The molecule has 2 aromatic carbocycles. The molecule has 0 bridgehead atoms. The zero-order valence-corrected chi connectivity index (χ0v) is 28.2. The highest BCUT2D eigenvalue weighted by molar-refractivity contribution is 7.29. The van der Waals surface area contributed by atoms with Crippen LogP contribution in [0.15, 0.2) is 24.3 Å². The molecule has 2 nitrogen and oxygen atoms in total. The average Bonchev–Trinajstić information content (AvgIpc) is 3.69. The minimum Gasteiger partial charge on any atom is -0.173 e. The Bertz CT molecular complexity index is 1610. The predicted octanol–water partition coefficient (Wildman–Crippen LogP) is 12.1. The van der Waals surface area contributed by atoms with Crippen LogP contribution in [0.2, 0.25) is 0 Å². The van der Waals surface area contributed by atoms with Crippen LogP contribution in [0.3, 0.4) is 0 Å². The van der Waals surface area contributed by atoms with Gasteiger partial charge in [-0.1, -0.05) is 99.1 Å². The van der Waals surface area contributed by atoms with E-state index in [0.29, 0.717) is 0 Å². The number of thiophene rings is 2. The molecule has 5 rings (SSSR count). The molecule has 0 aliphatic heterocycles. The summed E-state index contributed by atoms with van der Waals surface area (Å²) in [4.78, 5) is 2.84. The average molecular weight is 591 g/mol. The van der Waals surface area contributed by atoms with E-state index >= 15 is 0 Å². The number of aryl methyl sites for hydroxylation is 1. The molecule has 1 unspecified atom stereocenters. The van der Waals surface area contributed by atoms with Crippen LogP contribution in [0.25, 0.3) is 41.6 Å². The van der Waals surface area contributed by atoms with Gasteiger partial charge in [-0.05, 0) is 76.6 Å². The molecule has 0 N–H and O–H groups in total. The van der Waals surface area contributed by atoms with Gasteiger partial charge in [0.15, 0.2) is 0 Å². The molecule has 0 amide bonds. The van der Waals surface area contributed by atoms with Crippen molar-refractivity contribution in [2.24, 2.45) is 11.8 Å². The number of nitrogens with zero attached hydrogens (tertiary/aromatic N) is 2. The van der Waals surface area contributed by atoms with Gasteiger partial charge in [0.25, 0.3) is 0 Å². The molecular weight excluding hydrogens is 545 g/mol. The second-order valence-electron chi connectivity index (χ2n) is 12.8. The summed E-state index contributed by atoms with van der Waals surface area (Å²) in [6.07, 6.45) is 10.0. The molecule has 1 atom stereocenters. The number of benzene rings is 2. The van der Waals surface area contributed by atoms with E-state index in [1.165, 1.54) is 104 Å². The van der Waals surface area contributed by atoms with Crippen LogP contribution in [0.5, 0.6) is 0 Å². The largest absolute Gasteiger partial charge is 0.173 e. The first-order chi connectivity index (χ1) is 19.2. The summed E-state index contributed by atoms with van der Waals surface area (Å²) in [5.74, 6) is 1.46. The van der Waals surface area contributed by atoms with Crippen molar-refractivity contribution in [1.82, 2.24) is 8.75 Å². The summed E-state index contributed by atoms with van der Waals surface area (Å²) >= 11 is 5.35. The number of hydrogen-bond acceptors (Lipinski definition) is 5. The fourth-order valence-electron chi connectivity index (χ4n) is 6.15. The van der Waals surface area contributed by atoms with Crippen molar-refractivity contribution in [2.45, 2.75) is 112 Å². The fourth-order valence-corrected chi connectivity index (χ4v) is 9.38. The smallest absolute Gasteiger partial charge is 0.113 e. The van der Waals surface area contributed by atoms with Crippen LogP contribution in [-0.2, 0) is 18.3 Å². The molecule has 5 heteroatoms. The van der Waals surface area contributed by atoms with E-state index in [4.69, 9.17) is 4.37 Å². The number of aromatic nitrogens is 2. The van der Waals surface area contributed by atoms with E-state index in [0.717, 1.165) is 22.9 Å². The molecule has 3 aromatic heterocycles. The third kappa shape index (κ3) is 5.63. The third-order valence-corrected chi connectivity index (χ3v) is 12.4. The Hall–Kier alpha value is -1.82. The van der Waals surface area contributed by atoms with Crippen molar-refractivity contribution >= 4 is 65.6 Å². The quantitative estimate of drug-likeness (QED) is 0.153. The Morgan fingerprint density at radius 2 is 1.40 bits per heavy atom. The van der Waals surface area contributed by atoms with Crippen LogP contribution in [0, 0.1) is 18.8 Å². The molecular formula is C35H46N2S3. The highest BCUT2D eigenvalue weighted by Gasteiger charge is 2.26. The predicted molar refractivity (Wildman–Crippen MR) is 182 cm³/mol. The standard InChI is InChI=1S/C35H46N2S3/c1-9-13-14-23(12-4)18-26-25(17-22(10-2)11-3)28-20-30(35(6,7)8)39-34(28)33-27(26)19-29(38-33)24-16-15-21(5)31-32(24)37-40-36-31/h15-16,19-20,22-23H,9-14,17-18H2,1-8H3. The molecule has 0 aliphatic rings. The summed E-state index contributed by atoms with van der Waals surface area (Å²) < 4.78 is 12.4. The Morgan fingerprint density at radius 3 is 2.05 bits per heavy atom. The van der Waals surface area contributed by atoms with Gasteiger partial charge in [0, 0.05) is 15.3 Å². The summed E-state index contributed by atoms with van der Waals surface area (Å²) in [6, 6.07) is 9.59. The minimum absolute atomic E-state index is 0.144. The van der Waals surface area contributed by atoms with Crippen LogP contribution in [0.4, 0.5) is 0 Å². The maximum atomic E-state index is 4.76. The molecule has 0 spiro atoms. The first kappa shape index (κ1) is 29.7. The van der Waals surface area contributed by atoms with Gasteiger partial charge in [-0.2, -0.15) is 8.75 Å². The van der Waals surface area contributed by atoms with Gasteiger partial charge >= 0.3 is 0 Å². The number of rotatable bonds is 11. The summed E-state index contributed by atoms with van der Waals surface area (Å²) in [5.41, 5.74) is 7.98. The lowest BCUT2D eigenvalue weighted by Gasteiger charge is -2.22. The second-order valence-corrected chi connectivity index (χ2v) is 15.4.